The van der Waals surface area contributed by atoms with Gasteiger partial charge in [-0.2, -0.15) is 0 Å². The Morgan fingerprint density at radius 1 is 1.40 bits per heavy atom. The van der Waals surface area contributed by atoms with E-state index in [2.05, 4.69) is 20.5 Å². The normalized spacial score (nSPS) is 19.6. The number of amides is 1. The number of likely N-dealkylation sites (tertiary alicyclic amines) is 1. The molecular formula is C14H28N4O2. The van der Waals surface area contributed by atoms with Crippen molar-refractivity contribution in [3.8, 4) is 0 Å². The van der Waals surface area contributed by atoms with E-state index in [0.29, 0.717) is 19.0 Å². The molecule has 1 aliphatic rings. The Bertz CT molecular complexity index is 331. The Morgan fingerprint density at radius 2 is 2.10 bits per heavy atom. The molecule has 1 atom stereocenters. The van der Waals surface area contributed by atoms with E-state index in [1.165, 1.54) is 0 Å². The summed E-state index contributed by atoms with van der Waals surface area (Å²) in [4.78, 5) is 18.0. The standard InChI is InChI=1S/C14H28N4O2/c1-11(2)13(19)16-6-7-17-14(15-3)18-8-5-12(9-18)10-20-4/h11-12H,5-10H2,1-4H3,(H,15,17)(H,16,19). The average molecular weight is 284 g/mol. The molecule has 6 heteroatoms. The molecule has 1 rings (SSSR count). The van der Waals surface area contributed by atoms with Crippen LogP contribution in [-0.2, 0) is 9.53 Å². The fraction of sp³-hybridized carbons (Fsp3) is 0.857. The zero-order valence-electron chi connectivity index (χ0n) is 13.1. The second kappa shape index (κ2) is 8.79. The fourth-order valence-electron chi connectivity index (χ4n) is 2.29. The van der Waals surface area contributed by atoms with Crippen LogP contribution < -0.4 is 10.6 Å². The summed E-state index contributed by atoms with van der Waals surface area (Å²) in [6, 6.07) is 0. The summed E-state index contributed by atoms with van der Waals surface area (Å²) in [6.45, 7) is 7.88. The molecule has 116 valence electrons. The number of aliphatic imine (C=N–C) groups is 1. The molecule has 6 nitrogen and oxygen atoms in total. The van der Waals surface area contributed by atoms with Crippen molar-refractivity contribution < 1.29 is 9.53 Å². The Morgan fingerprint density at radius 3 is 2.70 bits per heavy atom. The van der Waals surface area contributed by atoms with Crippen molar-refractivity contribution in [3.05, 3.63) is 0 Å². The molecule has 0 radical (unpaired) electrons. The number of carbonyl (C=O) groups is 1. The number of hydrogen-bond acceptors (Lipinski definition) is 3. The molecule has 1 fully saturated rings. The second-order valence-corrected chi connectivity index (χ2v) is 5.48. The maximum atomic E-state index is 11.4. The highest BCUT2D eigenvalue weighted by Gasteiger charge is 2.24. The lowest BCUT2D eigenvalue weighted by Gasteiger charge is -2.21. The predicted octanol–water partition coefficient (Wildman–Crippen LogP) is 0.302. The highest BCUT2D eigenvalue weighted by molar-refractivity contribution is 5.80. The highest BCUT2D eigenvalue weighted by atomic mass is 16.5. The largest absolute Gasteiger partial charge is 0.384 e. The van der Waals surface area contributed by atoms with Crippen molar-refractivity contribution in [3.63, 3.8) is 0 Å². The van der Waals surface area contributed by atoms with Gasteiger partial charge < -0.3 is 20.3 Å². The van der Waals surface area contributed by atoms with Crippen molar-refractivity contribution in [2.24, 2.45) is 16.8 Å². The van der Waals surface area contributed by atoms with E-state index in [9.17, 15) is 4.79 Å². The van der Waals surface area contributed by atoms with Gasteiger partial charge in [0.25, 0.3) is 0 Å². The van der Waals surface area contributed by atoms with Gasteiger partial charge >= 0.3 is 0 Å². The van der Waals surface area contributed by atoms with Gasteiger partial charge in [0.15, 0.2) is 5.96 Å². The SMILES string of the molecule is CN=C(NCCNC(=O)C(C)C)N1CCC(COC)C1. The van der Waals surface area contributed by atoms with Gasteiger partial charge in [0.2, 0.25) is 5.91 Å². The molecule has 1 heterocycles. The fourth-order valence-corrected chi connectivity index (χ4v) is 2.29. The number of carbonyl (C=O) groups excluding carboxylic acids is 1. The van der Waals surface area contributed by atoms with Gasteiger partial charge in [-0.05, 0) is 6.42 Å². The van der Waals surface area contributed by atoms with Crippen LogP contribution in [-0.4, -0.2) is 63.7 Å². The molecule has 0 aromatic carbocycles. The Kier molecular flexibility index (Phi) is 7.36. The van der Waals surface area contributed by atoms with Crippen molar-refractivity contribution in [2.75, 3.05) is 46.9 Å². The smallest absolute Gasteiger partial charge is 0.222 e. The first-order chi connectivity index (χ1) is 9.58. The lowest BCUT2D eigenvalue weighted by molar-refractivity contribution is -0.123. The topological polar surface area (TPSA) is 66.0 Å². The van der Waals surface area contributed by atoms with Gasteiger partial charge in [0.05, 0.1) is 6.61 Å². The van der Waals surface area contributed by atoms with Crippen LogP contribution in [0, 0.1) is 11.8 Å². The minimum atomic E-state index is 0.0303. The number of nitrogens with one attached hydrogen (secondary N) is 2. The predicted molar refractivity (Wildman–Crippen MR) is 80.8 cm³/mol. The Hall–Kier alpha value is -1.30. The lowest BCUT2D eigenvalue weighted by atomic mass is 10.1. The monoisotopic (exact) mass is 284 g/mol. The molecule has 0 saturated carbocycles. The average Bonchev–Trinajstić information content (AvgIpc) is 2.87. The summed E-state index contributed by atoms with van der Waals surface area (Å²) >= 11 is 0. The van der Waals surface area contributed by atoms with E-state index >= 15 is 0 Å². The summed E-state index contributed by atoms with van der Waals surface area (Å²) in [5.41, 5.74) is 0. The third-order valence-electron chi connectivity index (χ3n) is 3.43. The maximum absolute atomic E-state index is 11.4. The lowest BCUT2D eigenvalue weighted by Crippen LogP contribution is -2.43. The van der Waals surface area contributed by atoms with Gasteiger partial charge in [0.1, 0.15) is 0 Å². The van der Waals surface area contributed by atoms with E-state index < -0.39 is 0 Å². The first-order valence-electron chi connectivity index (χ1n) is 7.30. The van der Waals surface area contributed by atoms with Crippen molar-refractivity contribution in [2.45, 2.75) is 20.3 Å². The van der Waals surface area contributed by atoms with Crippen molar-refractivity contribution in [1.29, 1.82) is 0 Å². The quantitative estimate of drug-likeness (QED) is 0.418. The van der Waals surface area contributed by atoms with E-state index in [4.69, 9.17) is 4.74 Å². The molecule has 20 heavy (non-hydrogen) atoms. The number of methoxy groups -OCH3 is 1. The minimum Gasteiger partial charge on any atom is -0.384 e. The third kappa shape index (κ3) is 5.36. The molecule has 1 saturated heterocycles. The summed E-state index contributed by atoms with van der Waals surface area (Å²) in [5.74, 6) is 1.60. The summed E-state index contributed by atoms with van der Waals surface area (Å²) in [5, 5.41) is 6.17. The van der Waals surface area contributed by atoms with Gasteiger partial charge in [0, 0.05) is 52.2 Å². The van der Waals surface area contributed by atoms with E-state index in [0.717, 1.165) is 32.1 Å². The number of nitrogens with zero attached hydrogens (tertiary/aromatic N) is 2. The number of rotatable bonds is 6. The third-order valence-corrected chi connectivity index (χ3v) is 3.43. The molecule has 2 N–H and O–H groups in total. The minimum absolute atomic E-state index is 0.0303. The highest BCUT2D eigenvalue weighted by Crippen LogP contribution is 2.16. The van der Waals surface area contributed by atoms with Crippen molar-refractivity contribution in [1.82, 2.24) is 15.5 Å². The number of ether oxygens (including phenoxy) is 1. The molecule has 1 amide bonds. The van der Waals surface area contributed by atoms with E-state index in [1.807, 2.05) is 13.8 Å². The van der Waals surface area contributed by atoms with Crippen LogP contribution in [0.25, 0.3) is 0 Å². The molecular weight excluding hydrogens is 256 g/mol. The summed E-state index contributed by atoms with van der Waals surface area (Å²) in [7, 11) is 3.53. The van der Waals surface area contributed by atoms with Crippen LogP contribution in [0.2, 0.25) is 0 Å². The molecule has 1 aliphatic heterocycles. The van der Waals surface area contributed by atoms with E-state index in [1.54, 1.807) is 14.2 Å². The van der Waals surface area contributed by atoms with Crippen LogP contribution >= 0.6 is 0 Å². The summed E-state index contributed by atoms with van der Waals surface area (Å²) < 4.78 is 5.20. The maximum Gasteiger partial charge on any atom is 0.222 e. The molecule has 0 bridgehead atoms. The zero-order valence-corrected chi connectivity index (χ0v) is 13.1. The van der Waals surface area contributed by atoms with Crippen molar-refractivity contribution >= 4 is 11.9 Å². The van der Waals surface area contributed by atoms with Gasteiger partial charge in [-0.3, -0.25) is 9.79 Å². The molecule has 0 aliphatic carbocycles. The first-order valence-corrected chi connectivity index (χ1v) is 7.30. The Labute approximate surface area is 122 Å². The summed E-state index contributed by atoms with van der Waals surface area (Å²) in [6.07, 6.45) is 1.14. The second-order valence-electron chi connectivity index (χ2n) is 5.48. The van der Waals surface area contributed by atoms with Gasteiger partial charge in [-0.15, -0.1) is 0 Å². The Balaban J connectivity index is 2.26. The van der Waals surface area contributed by atoms with Crippen LogP contribution in [0.5, 0.6) is 0 Å². The first kappa shape index (κ1) is 16.8. The molecule has 0 aromatic heterocycles. The number of guanidine groups is 1. The molecule has 0 aromatic rings. The van der Waals surface area contributed by atoms with Crippen LogP contribution in [0.4, 0.5) is 0 Å². The van der Waals surface area contributed by atoms with Gasteiger partial charge in [-0.1, -0.05) is 13.8 Å². The number of hydrogen-bond donors (Lipinski definition) is 2. The zero-order chi connectivity index (χ0) is 15.0. The van der Waals surface area contributed by atoms with Crippen LogP contribution in [0.15, 0.2) is 4.99 Å². The molecule has 1 unspecified atom stereocenters. The van der Waals surface area contributed by atoms with Gasteiger partial charge in [-0.25, -0.2) is 0 Å². The van der Waals surface area contributed by atoms with Crippen LogP contribution in [0.3, 0.4) is 0 Å². The van der Waals surface area contributed by atoms with Crippen LogP contribution in [0.1, 0.15) is 20.3 Å². The molecule has 0 spiro atoms. The van der Waals surface area contributed by atoms with E-state index in [-0.39, 0.29) is 11.8 Å².